The molecule has 0 bridgehead atoms. The van der Waals surface area contributed by atoms with Crippen molar-refractivity contribution in [2.45, 2.75) is 25.8 Å². The number of hydrogen-bond acceptors (Lipinski definition) is 3. The lowest BCUT2D eigenvalue weighted by Crippen LogP contribution is -2.14. The first kappa shape index (κ1) is 14.5. The fourth-order valence-electron chi connectivity index (χ4n) is 3.75. The standard InChI is InChI=1S/C19H16N4O/c20-10-12-7-8-16-18(17(12)19(21)24)14-5-3-6-15(14)23(16)11-13-4-1-2-9-22-13/h1-2,4,7-9H,3,5-6,11H2,(H2,21,24). The number of rotatable bonds is 3. The molecule has 2 N–H and O–H groups in total. The lowest BCUT2D eigenvalue weighted by atomic mass is 9.99. The van der Waals surface area contributed by atoms with Crippen LogP contribution < -0.4 is 5.73 Å². The number of nitriles is 1. The van der Waals surface area contributed by atoms with Gasteiger partial charge in [0.05, 0.1) is 29.4 Å². The molecule has 0 saturated heterocycles. The molecule has 1 aliphatic rings. The smallest absolute Gasteiger partial charge is 0.250 e. The van der Waals surface area contributed by atoms with E-state index in [9.17, 15) is 10.1 Å². The third-order valence-electron chi connectivity index (χ3n) is 4.70. The van der Waals surface area contributed by atoms with E-state index in [0.29, 0.717) is 17.7 Å². The van der Waals surface area contributed by atoms with Gasteiger partial charge in [-0.15, -0.1) is 0 Å². The topological polar surface area (TPSA) is 84.7 Å². The molecule has 1 aromatic carbocycles. The molecule has 2 heterocycles. The van der Waals surface area contributed by atoms with Crippen LogP contribution in [0, 0.1) is 11.3 Å². The number of pyridine rings is 1. The molecule has 4 rings (SSSR count). The average Bonchev–Trinajstić information content (AvgIpc) is 3.17. The first-order chi connectivity index (χ1) is 11.7. The van der Waals surface area contributed by atoms with Gasteiger partial charge in [-0.25, -0.2) is 0 Å². The number of nitrogens with zero attached hydrogens (tertiary/aromatic N) is 3. The van der Waals surface area contributed by atoms with Gasteiger partial charge in [-0.1, -0.05) is 6.07 Å². The van der Waals surface area contributed by atoms with Gasteiger partial charge in [0.1, 0.15) is 0 Å². The summed E-state index contributed by atoms with van der Waals surface area (Å²) >= 11 is 0. The number of aryl methyl sites for hydroxylation is 1. The van der Waals surface area contributed by atoms with Gasteiger partial charge in [0.15, 0.2) is 0 Å². The number of carbonyl (C=O) groups excluding carboxylic acids is 1. The molecule has 3 aromatic rings. The summed E-state index contributed by atoms with van der Waals surface area (Å²) in [4.78, 5) is 16.4. The van der Waals surface area contributed by atoms with Gasteiger partial charge in [0.25, 0.3) is 5.91 Å². The Bertz CT molecular complexity index is 996. The largest absolute Gasteiger partial charge is 0.366 e. The van der Waals surface area contributed by atoms with E-state index < -0.39 is 5.91 Å². The molecule has 0 aliphatic heterocycles. The number of hydrogen-bond donors (Lipinski definition) is 1. The number of carbonyl (C=O) groups is 1. The second kappa shape index (κ2) is 5.50. The molecule has 0 atom stereocenters. The molecular weight excluding hydrogens is 300 g/mol. The van der Waals surface area contributed by atoms with E-state index in [1.54, 1.807) is 12.3 Å². The minimum atomic E-state index is -0.540. The normalized spacial score (nSPS) is 13.0. The van der Waals surface area contributed by atoms with Crippen molar-refractivity contribution < 1.29 is 4.79 Å². The van der Waals surface area contributed by atoms with Gasteiger partial charge in [0, 0.05) is 22.8 Å². The molecule has 0 radical (unpaired) electrons. The highest BCUT2D eigenvalue weighted by molar-refractivity contribution is 6.09. The fraction of sp³-hybridized carbons (Fsp3) is 0.211. The van der Waals surface area contributed by atoms with E-state index in [0.717, 1.165) is 41.4 Å². The Balaban J connectivity index is 2.01. The second-order valence-electron chi connectivity index (χ2n) is 6.04. The van der Waals surface area contributed by atoms with Crippen molar-refractivity contribution in [2.24, 2.45) is 5.73 Å². The zero-order chi connectivity index (χ0) is 16.7. The van der Waals surface area contributed by atoms with Gasteiger partial charge in [-0.3, -0.25) is 9.78 Å². The molecule has 0 unspecified atom stereocenters. The maximum atomic E-state index is 12.0. The van der Waals surface area contributed by atoms with Crippen LogP contribution in [-0.4, -0.2) is 15.5 Å². The second-order valence-corrected chi connectivity index (χ2v) is 6.04. The summed E-state index contributed by atoms with van der Waals surface area (Å²) in [5, 5.41) is 10.2. The highest BCUT2D eigenvalue weighted by Crippen LogP contribution is 2.36. The van der Waals surface area contributed by atoms with E-state index in [4.69, 9.17) is 5.73 Å². The average molecular weight is 316 g/mol. The highest BCUT2D eigenvalue weighted by Gasteiger charge is 2.26. The van der Waals surface area contributed by atoms with Gasteiger partial charge in [-0.05, 0) is 49.1 Å². The van der Waals surface area contributed by atoms with Gasteiger partial charge < -0.3 is 10.3 Å². The van der Waals surface area contributed by atoms with Crippen LogP contribution in [-0.2, 0) is 19.4 Å². The number of nitrogens with two attached hydrogens (primary N) is 1. The molecule has 5 nitrogen and oxygen atoms in total. The predicted molar refractivity (Wildman–Crippen MR) is 90.5 cm³/mol. The van der Waals surface area contributed by atoms with Crippen molar-refractivity contribution in [1.82, 2.24) is 9.55 Å². The SMILES string of the molecule is N#Cc1ccc2c(c3c(n2Cc2ccccn2)CCC3)c1C(N)=O. The summed E-state index contributed by atoms with van der Waals surface area (Å²) in [6.07, 6.45) is 4.72. The van der Waals surface area contributed by atoms with Gasteiger partial charge in [0.2, 0.25) is 0 Å². The molecule has 2 aromatic heterocycles. The summed E-state index contributed by atoms with van der Waals surface area (Å²) < 4.78 is 2.22. The summed E-state index contributed by atoms with van der Waals surface area (Å²) in [6.45, 7) is 0.650. The van der Waals surface area contributed by atoms with Crippen molar-refractivity contribution in [3.8, 4) is 6.07 Å². The Morgan fingerprint density at radius 1 is 1.29 bits per heavy atom. The highest BCUT2D eigenvalue weighted by atomic mass is 16.1. The number of benzene rings is 1. The first-order valence-electron chi connectivity index (χ1n) is 7.97. The van der Waals surface area contributed by atoms with Crippen LogP contribution in [0.15, 0.2) is 36.5 Å². The number of amides is 1. The lowest BCUT2D eigenvalue weighted by Gasteiger charge is -2.10. The monoisotopic (exact) mass is 316 g/mol. The maximum absolute atomic E-state index is 12.0. The quantitative estimate of drug-likeness (QED) is 0.806. The summed E-state index contributed by atoms with van der Waals surface area (Å²) in [6, 6.07) is 11.6. The minimum absolute atomic E-state index is 0.347. The van der Waals surface area contributed by atoms with Crippen molar-refractivity contribution >= 4 is 16.8 Å². The van der Waals surface area contributed by atoms with E-state index in [2.05, 4.69) is 15.6 Å². The van der Waals surface area contributed by atoms with Crippen LogP contribution in [0.5, 0.6) is 0 Å². The number of aromatic nitrogens is 2. The molecule has 1 aliphatic carbocycles. The summed E-state index contributed by atoms with van der Waals surface area (Å²) in [5.41, 5.74) is 10.6. The van der Waals surface area contributed by atoms with Crippen LogP contribution in [0.4, 0.5) is 0 Å². The Labute approximate surface area is 139 Å². The third-order valence-corrected chi connectivity index (χ3v) is 4.70. The maximum Gasteiger partial charge on any atom is 0.250 e. The van der Waals surface area contributed by atoms with Gasteiger partial charge in [-0.2, -0.15) is 5.26 Å². The van der Waals surface area contributed by atoms with Crippen molar-refractivity contribution in [2.75, 3.05) is 0 Å². The van der Waals surface area contributed by atoms with E-state index in [1.165, 1.54) is 5.69 Å². The van der Waals surface area contributed by atoms with E-state index in [1.807, 2.05) is 24.3 Å². The van der Waals surface area contributed by atoms with Crippen LogP contribution in [0.3, 0.4) is 0 Å². The Kier molecular flexibility index (Phi) is 3.31. The molecular formula is C19H16N4O. The van der Waals surface area contributed by atoms with E-state index in [-0.39, 0.29) is 0 Å². The summed E-state index contributed by atoms with van der Waals surface area (Å²) in [5.74, 6) is -0.540. The summed E-state index contributed by atoms with van der Waals surface area (Å²) in [7, 11) is 0. The predicted octanol–water partition coefficient (Wildman–Crippen LogP) is 2.54. The van der Waals surface area contributed by atoms with Crippen molar-refractivity contribution in [3.63, 3.8) is 0 Å². The van der Waals surface area contributed by atoms with Crippen LogP contribution in [0.2, 0.25) is 0 Å². The van der Waals surface area contributed by atoms with Crippen LogP contribution in [0.1, 0.15) is 39.3 Å². The lowest BCUT2D eigenvalue weighted by molar-refractivity contribution is 0.100. The van der Waals surface area contributed by atoms with E-state index >= 15 is 0 Å². The number of fused-ring (bicyclic) bond motifs is 3. The van der Waals surface area contributed by atoms with Crippen LogP contribution in [0.25, 0.3) is 10.9 Å². The Hall–Kier alpha value is -3.13. The van der Waals surface area contributed by atoms with Crippen LogP contribution >= 0.6 is 0 Å². The number of primary amides is 1. The Morgan fingerprint density at radius 2 is 2.17 bits per heavy atom. The van der Waals surface area contributed by atoms with Crippen molar-refractivity contribution in [1.29, 1.82) is 5.26 Å². The first-order valence-corrected chi connectivity index (χ1v) is 7.97. The third kappa shape index (κ3) is 2.08. The fourth-order valence-corrected chi connectivity index (χ4v) is 3.75. The molecule has 118 valence electrons. The Morgan fingerprint density at radius 3 is 2.88 bits per heavy atom. The molecule has 0 fully saturated rings. The van der Waals surface area contributed by atoms with Crippen molar-refractivity contribution in [3.05, 3.63) is 64.6 Å². The molecule has 5 heteroatoms. The molecule has 24 heavy (non-hydrogen) atoms. The minimum Gasteiger partial charge on any atom is -0.366 e. The molecule has 0 saturated carbocycles. The molecule has 0 spiro atoms. The van der Waals surface area contributed by atoms with Gasteiger partial charge >= 0.3 is 0 Å². The zero-order valence-corrected chi connectivity index (χ0v) is 13.1. The molecule has 1 amide bonds. The zero-order valence-electron chi connectivity index (χ0n) is 13.1.